The number of phenolic OH excluding ortho intramolecular Hbond substituents is 2. The highest BCUT2D eigenvalue weighted by Gasteiger charge is 2.52. The average Bonchev–Trinajstić information content (AvgIpc) is 2.97. The van der Waals surface area contributed by atoms with Crippen LogP contribution in [0.3, 0.4) is 0 Å². The summed E-state index contributed by atoms with van der Waals surface area (Å²) in [4.78, 5) is 37.8. The second-order valence-corrected chi connectivity index (χ2v) is 8.03. The first kappa shape index (κ1) is 17.8. The van der Waals surface area contributed by atoms with E-state index >= 15 is 0 Å². The van der Waals surface area contributed by atoms with Crippen LogP contribution in [0.15, 0.2) is 23.4 Å². The van der Waals surface area contributed by atoms with Crippen LogP contribution in [0.2, 0.25) is 0 Å². The number of aromatic hydroxyl groups is 2. The normalized spacial score (nSPS) is 26.6. The molecule has 0 saturated carbocycles. The Balaban J connectivity index is 1.80. The molecule has 8 nitrogen and oxygen atoms in total. The monoisotopic (exact) mass is 394 g/mol. The zero-order valence-electron chi connectivity index (χ0n) is 15.8. The van der Waals surface area contributed by atoms with Crippen LogP contribution in [0.25, 0.3) is 0 Å². The summed E-state index contributed by atoms with van der Waals surface area (Å²) in [7, 11) is 1.39. The van der Waals surface area contributed by atoms with Gasteiger partial charge in [0.1, 0.15) is 23.3 Å². The molecule has 2 aromatic rings. The number of carbonyl (C=O) groups is 2. The number of nitrogens with one attached hydrogen (secondary N) is 1. The van der Waals surface area contributed by atoms with Crippen molar-refractivity contribution in [1.29, 1.82) is 0 Å². The van der Waals surface area contributed by atoms with Crippen molar-refractivity contribution in [3.8, 4) is 17.2 Å². The summed E-state index contributed by atoms with van der Waals surface area (Å²) in [6.07, 6.45) is 0.537. The zero-order chi connectivity index (χ0) is 20.7. The van der Waals surface area contributed by atoms with E-state index in [4.69, 9.17) is 4.74 Å². The number of phenols is 2. The van der Waals surface area contributed by atoms with Gasteiger partial charge >= 0.3 is 0 Å². The van der Waals surface area contributed by atoms with Crippen LogP contribution >= 0.6 is 0 Å². The maximum atomic E-state index is 13.3. The number of carbonyl (C=O) groups excluding carboxylic acids is 2. The second-order valence-electron chi connectivity index (χ2n) is 8.03. The van der Waals surface area contributed by atoms with Crippen molar-refractivity contribution in [3.63, 3.8) is 0 Å². The van der Waals surface area contributed by atoms with Gasteiger partial charge in [-0.1, -0.05) is 17.3 Å². The van der Waals surface area contributed by atoms with Crippen LogP contribution in [-0.2, 0) is 6.42 Å². The lowest BCUT2D eigenvalue weighted by atomic mass is 9.76. The second kappa shape index (κ2) is 5.64. The minimum Gasteiger partial charge on any atom is -0.507 e. The van der Waals surface area contributed by atoms with Crippen LogP contribution in [-0.4, -0.2) is 40.5 Å². The molecular formula is C21H18N2O6. The van der Waals surface area contributed by atoms with Crippen LogP contribution in [0.4, 0.5) is 0 Å². The van der Waals surface area contributed by atoms with Crippen molar-refractivity contribution in [2.24, 2.45) is 5.18 Å². The molecule has 2 aromatic carbocycles. The van der Waals surface area contributed by atoms with Crippen LogP contribution < -0.4 is 10.1 Å². The van der Waals surface area contributed by atoms with E-state index in [1.165, 1.54) is 13.2 Å². The maximum absolute atomic E-state index is 13.3. The van der Waals surface area contributed by atoms with Crippen LogP contribution in [0, 0.1) is 4.91 Å². The fourth-order valence-corrected chi connectivity index (χ4v) is 5.10. The molecule has 29 heavy (non-hydrogen) atoms. The van der Waals surface area contributed by atoms with Gasteiger partial charge in [0.15, 0.2) is 5.78 Å². The molecule has 0 aromatic heterocycles. The van der Waals surface area contributed by atoms with Gasteiger partial charge in [0, 0.05) is 28.3 Å². The molecule has 3 N–H and O–H groups in total. The topological polar surface area (TPSA) is 125 Å². The van der Waals surface area contributed by atoms with E-state index in [0.717, 1.165) is 0 Å². The molecule has 0 radical (unpaired) electrons. The highest BCUT2D eigenvalue weighted by atomic mass is 16.5. The Morgan fingerprint density at radius 3 is 2.55 bits per heavy atom. The lowest BCUT2D eigenvalue weighted by Crippen LogP contribution is -2.49. The Labute approximate surface area is 165 Å². The molecule has 3 unspecified atom stereocenters. The number of ketones is 2. The first-order valence-electron chi connectivity index (χ1n) is 9.29. The van der Waals surface area contributed by atoms with Crippen molar-refractivity contribution < 1.29 is 24.5 Å². The summed E-state index contributed by atoms with van der Waals surface area (Å²) in [5.41, 5.74) is -0.207. The minimum atomic E-state index is -0.694. The fraction of sp³-hybridized carbons (Fsp3) is 0.333. The lowest BCUT2D eigenvalue weighted by Gasteiger charge is -2.36. The number of fused-ring (bicyclic) bond motifs is 6. The van der Waals surface area contributed by atoms with Gasteiger partial charge in [-0.05, 0) is 25.8 Å². The smallest absolute Gasteiger partial charge is 0.202 e. The third kappa shape index (κ3) is 2.06. The first-order valence-corrected chi connectivity index (χ1v) is 9.29. The summed E-state index contributed by atoms with van der Waals surface area (Å²) in [6.45, 7) is 1.82. The van der Waals surface area contributed by atoms with Gasteiger partial charge in [-0.2, -0.15) is 4.91 Å². The Bertz CT molecular complexity index is 1140. The number of methoxy groups -OCH3 is 1. The van der Waals surface area contributed by atoms with E-state index in [1.54, 1.807) is 12.1 Å². The molecule has 1 aliphatic carbocycles. The number of benzene rings is 2. The summed E-state index contributed by atoms with van der Waals surface area (Å²) >= 11 is 0. The number of ether oxygens (including phenoxy) is 1. The SMILES string of the molecule is COc1cccc2c1C(=O)c1c(O)c3c(c(O)c1C2=O)CC1(C)NC3CC1N=O. The highest BCUT2D eigenvalue weighted by molar-refractivity contribution is 6.31. The Hall–Kier alpha value is -3.26. The molecular weight excluding hydrogens is 376 g/mol. The number of nitroso groups, excluding NO2 is 1. The average molecular weight is 394 g/mol. The number of hydrogen-bond donors (Lipinski definition) is 3. The van der Waals surface area contributed by atoms with Gasteiger partial charge in [-0.15, -0.1) is 0 Å². The summed E-state index contributed by atoms with van der Waals surface area (Å²) < 4.78 is 5.24. The molecule has 1 fully saturated rings. The van der Waals surface area contributed by atoms with E-state index in [2.05, 4.69) is 10.5 Å². The Morgan fingerprint density at radius 2 is 1.86 bits per heavy atom. The van der Waals surface area contributed by atoms with Gasteiger partial charge in [-0.3, -0.25) is 9.59 Å². The highest BCUT2D eigenvalue weighted by Crippen LogP contribution is 2.53. The van der Waals surface area contributed by atoms with Gasteiger partial charge < -0.3 is 20.3 Å². The number of rotatable bonds is 2. The van der Waals surface area contributed by atoms with Crippen LogP contribution in [0.1, 0.15) is 62.4 Å². The summed E-state index contributed by atoms with van der Waals surface area (Å²) in [5.74, 6) is -1.57. The standard InChI is InChI=1S/C21H18N2O6/c1-21-7-9-13(10(22-21)6-12(21)23-28)19(26)16-15(18(9)25)17(24)8-4-3-5-11(29-2)14(8)20(16)27/h3-5,10,12,22,25-26H,6-7H2,1-2H3. The van der Waals surface area contributed by atoms with Crippen molar-refractivity contribution in [2.45, 2.75) is 37.4 Å². The maximum Gasteiger partial charge on any atom is 0.202 e. The molecule has 2 heterocycles. The van der Waals surface area contributed by atoms with Crippen molar-refractivity contribution in [2.75, 3.05) is 7.11 Å². The molecule has 3 atom stereocenters. The molecule has 0 spiro atoms. The zero-order valence-corrected chi connectivity index (χ0v) is 15.8. The molecule has 2 aliphatic heterocycles. The molecule has 8 heteroatoms. The molecule has 2 bridgehead atoms. The number of nitrogens with zero attached hydrogens (tertiary/aromatic N) is 1. The third-order valence-electron chi connectivity index (χ3n) is 6.48. The van der Waals surface area contributed by atoms with E-state index in [9.17, 15) is 24.7 Å². The van der Waals surface area contributed by atoms with Crippen molar-refractivity contribution in [3.05, 3.63) is 56.5 Å². The molecule has 0 amide bonds. The predicted octanol–water partition coefficient (Wildman–Crippen LogP) is 2.37. The Kier molecular flexibility index (Phi) is 3.46. The quantitative estimate of drug-likeness (QED) is 0.450. The largest absolute Gasteiger partial charge is 0.507 e. The third-order valence-corrected chi connectivity index (χ3v) is 6.48. The molecule has 3 aliphatic rings. The van der Waals surface area contributed by atoms with Gasteiger partial charge in [-0.25, -0.2) is 0 Å². The van der Waals surface area contributed by atoms with Gasteiger partial charge in [0.05, 0.1) is 23.8 Å². The number of hydrogen-bond acceptors (Lipinski definition) is 8. The first-order chi connectivity index (χ1) is 13.8. The van der Waals surface area contributed by atoms with Crippen molar-refractivity contribution in [1.82, 2.24) is 5.32 Å². The van der Waals surface area contributed by atoms with E-state index in [-0.39, 0.29) is 45.9 Å². The van der Waals surface area contributed by atoms with E-state index in [0.29, 0.717) is 17.5 Å². The predicted molar refractivity (Wildman–Crippen MR) is 102 cm³/mol. The molecule has 148 valence electrons. The lowest BCUT2D eigenvalue weighted by molar-refractivity contribution is 0.0970. The van der Waals surface area contributed by atoms with Gasteiger partial charge in [0.2, 0.25) is 5.78 Å². The minimum absolute atomic E-state index is 0.0645. The molecule has 1 saturated heterocycles. The Morgan fingerprint density at radius 1 is 1.14 bits per heavy atom. The summed E-state index contributed by atoms with van der Waals surface area (Å²) in [6, 6.07) is 3.64. The van der Waals surface area contributed by atoms with Gasteiger partial charge in [0.25, 0.3) is 0 Å². The fourth-order valence-electron chi connectivity index (χ4n) is 5.10. The van der Waals surface area contributed by atoms with Crippen molar-refractivity contribution >= 4 is 11.6 Å². The van der Waals surface area contributed by atoms with Crippen LogP contribution in [0.5, 0.6) is 17.2 Å². The summed E-state index contributed by atoms with van der Waals surface area (Å²) in [5, 5.41) is 28.6. The van der Waals surface area contributed by atoms with E-state index in [1.807, 2.05) is 6.92 Å². The van der Waals surface area contributed by atoms with E-state index < -0.39 is 29.2 Å². The molecule has 5 rings (SSSR count).